The van der Waals surface area contributed by atoms with Gasteiger partial charge in [-0.1, -0.05) is 60.7 Å². The predicted octanol–water partition coefficient (Wildman–Crippen LogP) is 3.36. The number of benzene rings is 2. The normalized spacial score (nSPS) is 13.2. The third-order valence-corrected chi connectivity index (χ3v) is 6.37. The van der Waals surface area contributed by atoms with E-state index in [0.717, 1.165) is 61.3 Å². The molecule has 0 spiro atoms. The Balaban J connectivity index is 1.24. The van der Waals surface area contributed by atoms with E-state index in [1.54, 1.807) is 0 Å². The highest BCUT2D eigenvalue weighted by Crippen LogP contribution is 2.22. The molecular weight excluding hydrogens is 424 g/mol. The van der Waals surface area contributed by atoms with Crippen molar-refractivity contribution in [1.82, 2.24) is 9.13 Å². The Labute approximate surface area is 202 Å². The summed E-state index contributed by atoms with van der Waals surface area (Å²) >= 11 is 0. The molecule has 0 aliphatic carbocycles. The monoisotopic (exact) mass is 460 g/mol. The minimum atomic E-state index is -0.615. The largest absolute Gasteiger partial charge is 0.380 e. The Kier molecular flexibility index (Phi) is 7.93. The quantitative estimate of drug-likeness (QED) is 0.266. The summed E-state index contributed by atoms with van der Waals surface area (Å²) in [4.78, 5) is 0. The molecule has 0 aliphatic rings. The molecule has 178 valence electrons. The van der Waals surface area contributed by atoms with Crippen LogP contribution in [0.1, 0.15) is 60.4 Å². The Morgan fingerprint density at radius 1 is 0.735 bits per heavy atom. The summed E-state index contributed by atoms with van der Waals surface area (Å²) in [5.74, 6) is 0. The van der Waals surface area contributed by atoms with Crippen molar-refractivity contribution in [2.45, 2.75) is 51.0 Å². The van der Waals surface area contributed by atoms with E-state index in [1.165, 1.54) is 0 Å². The summed E-state index contributed by atoms with van der Waals surface area (Å²) < 4.78 is 8.35. The molecule has 0 amide bonds. The molecule has 0 saturated carbocycles. The Morgan fingerprint density at radius 3 is 1.97 bits per heavy atom. The van der Waals surface area contributed by atoms with Gasteiger partial charge in [0.25, 0.3) is 0 Å². The van der Waals surface area contributed by atoms with Gasteiger partial charge in [0.2, 0.25) is 12.7 Å². The fourth-order valence-corrected chi connectivity index (χ4v) is 4.53. The first-order chi connectivity index (χ1) is 16.5. The van der Waals surface area contributed by atoms with Crippen LogP contribution in [0.4, 0.5) is 0 Å². The zero-order chi connectivity index (χ0) is 23.9. The van der Waals surface area contributed by atoms with Crippen LogP contribution in [0.25, 0.3) is 0 Å². The third kappa shape index (κ3) is 5.82. The second kappa shape index (κ2) is 11.3. The molecule has 2 aromatic carbocycles. The molecule has 0 aliphatic heterocycles. The zero-order valence-electron chi connectivity index (χ0n) is 20.2. The van der Waals surface area contributed by atoms with Gasteiger partial charge >= 0.3 is 0 Å². The maximum absolute atomic E-state index is 10.8. The number of aryl methyl sites for hydroxylation is 4. The van der Waals surface area contributed by atoms with Crippen molar-refractivity contribution in [3.8, 4) is 0 Å². The van der Waals surface area contributed by atoms with Gasteiger partial charge in [0.15, 0.2) is 11.4 Å². The molecule has 2 unspecified atom stereocenters. The second-order valence-electron chi connectivity index (χ2n) is 9.09. The van der Waals surface area contributed by atoms with Gasteiger partial charge in [0.05, 0.1) is 27.2 Å². The molecule has 4 aromatic rings. The van der Waals surface area contributed by atoms with Crippen molar-refractivity contribution in [2.75, 3.05) is 0 Å². The molecule has 2 N–H and O–H groups in total. The molecule has 6 heteroatoms. The Hall–Kier alpha value is -3.22. The van der Waals surface area contributed by atoms with E-state index in [9.17, 15) is 10.2 Å². The van der Waals surface area contributed by atoms with Gasteiger partial charge in [-0.15, -0.1) is 0 Å². The lowest BCUT2D eigenvalue weighted by Gasteiger charge is -2.09. The Bertz CT molecular complexity index is 1170. The van der Waals surface area contributed by atoms with Crippen molar-refractivity contribution in [2.24, 2.45) is 14.1 Å². The maximum atomic E-state index is 10.8. The summed E-state index contributed by atoms with van der Waals surface area (Å²) in [5.41, 5.74) is 3.65. The van der Waals surface area contributed by atoms with Crippen LogP contribution in [-0.4, -0.2) is 19.3 Å². The van der Waals surface area contributed by atoms with E-state index in [-0.39, 0.29) is 0 Å². The van der Waals surface area contributed by atoms with Crippen LogP contribution < -0.4 is 9.13 Å². The van der Waals surface area contributed by atoms with Crippen molar-refractivity contribution < 1.29 is 19.3 Å². The standard InChI is InChI=1S/C28H36N4O2/c1-29-19-26(28(34)24-15-9-6-10-16-24)32(21-29)18-12-4-3-11-17-31-20-25(30(2)22-31)27(33)23-13-7-5-8-14-23/h5-10,13-16,19-22,27-28,33-34H,3-4,11-12,17-18H2,1-2H3/q+2. The van der Waals surface area contributed by atoms with Crippen LogP contribution >= 0.6 is 0 Å². The lowest BCUT2D eigenvalue weighted by atomic mass is 10.1. The minimum absolute atomic E-state index is 0.614. The van der Waals surface area contributed by atoms with Crippen LogP contribution in [-0.2, 0) is 27.2 Å². The predicted molar refractivity (Wildman–Crippen MR) is 131 cm³/mol. The molecule has 34 heavy (non-hydrogen) atoms. The SMILES string of the molecule is Cn1c[n+](CCCCCCn2c[n+](C)cc2C(O)c2ccccc2)cc1C(O)c1ccccc1. The van der Waals surface area contributed by atoms with E-state index < -0.39 is 12.2 Å². The van der Waals surface area contributed by atoms with Crippen molar-refractivity contribution in [1.29, 1.82) is 0 Å². The smallest absolute Gasteiger partial charge is 0.243 e. The number of aliphatic hydroxyl groups excluding tert-OH is 2. The molecular formula is C28H36N4O2+2. The van der Waals surface area contributed by atoms with Gasteiger partial charge in [0.1, 0.15) is 24.6 Å². The number of unbranched alkanes of at least 4 members (excludes halogenated alkanes) is 3. The third-order valence-electron chi connectivity index (χ3n) is 6.37. The first kappa shape index (κ1) is 23.9. The maximum Gasteiger partial charge on any atom is 0.243 e. The van der Waals surface area contributed by atoms with Gasteiger partial charge in [-0.05, 0) is 36.8 Å². The van der Waals surface area contributed by atoms with E-state index in [2.05, 4.69) is 28.0 Å². The van der Waals surface area contributed by atoms with Crippen LogP contribution in [0.2, 0.25) is 0 Å². The van der Waals surface area contributed by atoms with Crippen LogP contribution in [0.3, 0.4) is 0 Å². The number of nitrogens with zero attached hydrogens (tertiary/aromatic N) is 4. The summed E-state index contributed by atoms with van der Waals surface area (Å²) in [6.45, 7) is 1.83. The summed E-state index contributed by atoms with van der Waals surface area (Å²) in [7, 11) is 3.98. The lowest BCUT2D eigenvalue weighted by molar-refractivity contribution is -0.697. The molecule has 2 heterocycles. The van der Waals surface area contributed by atoms with Crippen molar-refractivity contribution >= 4 is 0 Å². The topological polar surface area (TPSA) is 58.1 Å². The Morgan fingerprint density at radius 2 is 1.32 bits per heavy atom. The first-order valence-corrected chi connectivity index (χ1v) is 12.1. The second-order valence-corrected chi connectivity index (χ2v) is 9.09. The molecule has 2 aromatic heterocycles. The molecule has 0 saturated heterocycles. The lowest BCUT2D eigenvalue weighted by Crippen LogP contribution is -2.30. The summed E-state index contributed by atoms with van der Waals surface area (Å²) in [6.07, 6.45) is 11.4. The van der Waals surface area contributed by atoms with Gasteiger partial charge in [-0.3, -0.25) is 0 Å². The van der Waals surface area contributed by atoms with E-state index in [4.69, 9.17) is 0 Å². The van der Waals surface area contributed by atoms with Gasteiger partial charge in [0, 0.05) is 0 Å². The molecule has 4 rings (SSSR count). The highest BCUT2D eigenvalue weighted by Gasteiger charge is 2.22. The fourth-order valence-electron chi connectivity index (χ4n) is 4.53. The van der Waals surface area contributed by atoms with E-state index in [0.29, 0.717) is 0 Å². The van der Waals surface area contributed by atoms with Crippen LogP contribution in [0.15, 0.2) is 85.7 Å². The fraction of sp³-hybridized carbons (Fsp3) is 0.357. The number of aliphatic hydroxyl groups is 2. The van der Waals surface area contributed by atoms with E-state index in [1.807, 2.05) is 90.1 Å². The van der Waals surface area contributed by atoms with Gasteiger partial charge < -0.3 is 10.2 Å². The van der Waals surface area contributed by atoms with E-state index >= 15 is 0 Å². The zero-order valence-corrected chi connectivity index (χ0v) is 20.2. The number of hydrogen-bond donors (Lipinski definition) is 2. The molecule has 6 nitrogen and oxygen atoms in total. The highest BCUT2D eigenvalue weighted by atomic mass is 16.3. The van der Waals surface area contributed by atoms with Crippen molar-refractivity contribution in [3.05, 3.63) is 108 Å². The van der Waals surface area contributed by atoms with Gasteiger partial charge in [-0.2, -0.15) is 0 Å². The van der Waals surface area contributed by atoms with Crippen LogP contribution in [0, 0.1) is 0 Å². The van der Waals surface area contributed by atoms with Gasteiger partial charge in [-0.25, -0.2) is 18.3 Å². The molecule has 0 bridgehead atoms. The molecule has 0 fully saturated rings. The summed E-state index contributed by atoms with van der Waals surface area (Å²) in [6, 6.07) is 19.6. The highest BCUT2D eigenvalue weighted by molar-refractivity contribution is 5.25. The number of rotatable bonds is 11. The first-order valence-electron chi connectivity index (χ1n) is 12.1. The number of hydrogen-bond acceptors (Lipinski definition) is 2. The average molecular weight is 461 g/mol. The molecule has 2 atom stereocenters. The van der Waals surface area contributed by atoms with Crippen molar-refractivity contribution in [3.63, 3.8) is 0 Å². The molecule has 0 radical (unpaired) electrons. The summed E-state index contributed by atoms with van der Waals surface area (Å²) in [5, 5.41) is 21.5. The van der Waals surface area contributed by atoms with Crippen LogP contribution in [0.5, 0.6) is 0 Å². The minimum Gasteiger partial charge on any atom is -0.380 e. The number of aromatic nitrogens is 4. The average Bonchev–Trinajstić information content (AvgIpc) is 3.43. The number of imidazole rings is 2.